The van der Waals surface area contributed by atoms with Gasteiger partial charge in [0.2, 0.25) is 0 Å². The fourth-order valence-corrected chi connectivity index (χ4v) is 3.12. The van der Waals surface area contributed by atoms with Crippen molar-refractivity contribution in [2.75, 3.05) is 18.0 Å². The van der Waals surface area contributed by atoms with Crippen LogP contribution in [-0.4, -0.2) is 34.3 Å². The molecule has 1 unspecified atom stereocenters. The van der Waals surface area contributed by atoms with Gasteiger partial charge in [-0.25, -0.2) is 9.97 Å². The number of nitrogens with zero attached hydrogens (tertiary/aromatic N) is 3. The van der Waals surface area contributed by atoms with Gasteiger partial charge in [0, 0.05) is 19.3 Å². The summed E-state index contributed by atoms with van der Waals surface area (Å²) in [6, 6.07) is 1.93. The second kappa shape index (κ2) is 6.35. The van der Waals surface area contributed by atoms with Crippen LogP contribution in [0.5, 0.6) is 0 Å². The Morgan fingerprint density at radius 2 is 2.05 bits per heavy atom. The third kappa shape index (κ3) is 3.37. The van der Waals surface area contributed by atoms with E-state index in [2.05, 4.69) is 27.0 Å². The van der Waals surface area contributed by atoms with Crippen LogP contribution in [0.15, 0.2) is 18.3 Å². The quantitative estimate of drug-likeness (QED) is 0.920. The third-order valence-electron chi connectivity index (χ3n) is 4.31. The molecule has 2 heterocycles. The maximum Gasteiger partial charge on any atom is 0.153 e. The van der Waals surface area contributed by atoms with Gasteiger partial charge in [0.15, 0.2) is 5.82 Å². The first-order valence-electron chi connectivity index (χ1n) is 7.75. The molecule has 1 aromatic heterocycles. The highest BCUT2D eigenvalue weighted by Crippen LogP contribution is 2.25. The topological polar surface area (TPSA) is 49.2 Å². The van der Waals surface area contributed by atoms with E-state index in [1.165, 1.54) is 32.1 Å². The smallest absolute Gasteiger partial charge is 0.153 e. The molecule has 1 N–H and O–H groups in total. The van der Waals surface area contributed by atoms with Crippen LogP contribution in [0.3, 0.4) is 0 Å². The van der Waals surface area contributed by atoms with Gasteiger partial charge in [0.05, 0.1) is 6.10 Å². The molecule has 0 spiro atoms. The van der Waals surface area contributed by atoms with E-state index in [0.29, 0.717) is 12.5 Å². The van der Waals surface area contributed by atoms with Crippen LogP contribution in [0.2, 0.25) is 0 Å². The number of allylic oxidation sites excluding steroid dienone is 1. The first kappa shape index (κ1) is 13.6. The highest BCUT2D eigenvalue weighted by Gasteiger charge is 2.21. The predicted octanol–water partition coefficient (Wildman–Crippen LogP) is 2.64. The van der Waals surface area contributed by atoms with Crippen molar-refractivity contribution in [3.8, 4) is 0 Å². The van der Waals surface area contributed by atoms with E-state index >= 15 is 0 Å². The van der Waals surface area contributed by atoms with Crippen molar-refractivity contribution < 1.29 is 5.11 Å². The molecule has 0 bridgehead atoms. The lowest BCUT2D eigenvalue weighted by molar-refractivity contribution is 0.198. The van der Waals surface area contributed by atoms with Gasteiger partial charge in [-0.15, -0.1) is 0 Å². The molecule has 1 saturated heterocycles. The number of aliphatic hydroxyl groups is 1. The number of β-amino-alcohol motifs (C(OH)–C–C–N with tert-alkyl or cyclic N) is 1. The van der Waals surface area contributed by atoms with Crippen molar-refractivity contribution in [2.24, 2.45) is 5.92 Å². The zero-order chi connectivity index (χ0) is 13.8. The summed E-state index contributed by atoms with van der Waals surface area (Å²) in [5, 5.41) is 9.60. The lowest BCUT2D eigenvalue weighted by atomic mass is 9.89. The number of aromatic nitrogens is 2. The second-order valence-electron chi connectivity index (χ2n) is 5.92. The van der Waals surface area contributed by atoms with Gasteiger partial charge < -0.3 is 10.0 Å². The van der Waals surface area contributed by atoms with Crippen molar-refractivity contribution >= 4 is 11.9 Å². The number of hydrogen-bond acceptors (Lipinski definition) is 4. The molecule has 108 valence electrons. The van der Waals surface area contributed by atoms with Crippen molar-refractivity contribution in [3.63, 3.8) is 0 Å². The molecule has 0 amide bonds. The summed E-state index contributed by atoms with van der Waals surface area (Å²) in [7, 11) is 0. The molecular weight excluding hydrogens is 250 g/mol. The fourth-order valence-electron chi connectivity index (χ4n) is 3.12. The Hall–Kier alpha value is -1.42. The number of aliphatic hydroxyl groups excluding tert-OH is 1. The van der Waals surface area contributed by atoms with Gasteiger partial charge in [-0.1, -0.05) is 25.3 Å². The molecular formula is C16H23N3O. The first-order chi connectivity index (χ1) is 9.81. The first-order valence-corrected chi connectivity index (χ1v) is 7.75. The molecule has 1 atom stereocenters. The molecule has 2 aliphatic rings. The molecule has 1 aromatic rings. The maximum absolute atomic E-state index is 9.60. The molecule has 4 nitrogen and oxygen atoms in total. The predicted molar refractivity (Wildman–Crippen MR) is 80.5 cm³/mol. The van der Waals surface area contributed by atoms with Crippen molar-refractivity contribution in [3.05, 3.63) is 24.2 Å². The fraction of sp³-hybridized carbons (Fsp3) is 0.625. The summed E-state index contributed by atoms with van der Waals surface area (Å²) < 4.78 is 0. The minimum Gasteiger partial charge on any atom is -0.391 e. The second-order valence-corrected chi connectivity index (χ2v) is 5.92. The van der Waals surface area contributed by atoms with Gasteiger partial charge >= 0.3 is 0 Å². The molecule has 3 rings (SSSR count). The van der Waals surface area contributed by atoms with E-state index in [1.54, 1.807) is 0 Å². The van der Waals surface area contributed by atoms with Gasteiger partial charge in [-0.3, -0.25) is 0 Å². The standard InChI is InChI=1S/C16H23N3O/c20-14-9-11-19(12-14)16-8-10-17-15(18-16)7-6-13-4-2-1-3-5-13/h6-8,10,13-14,20H,1-5,9,11-12H2/b7-6+. The Kier molecular flexibility index (Phi) is 4.31. The number of hydrogen-bond donors (Lipinski definition) is 1. The van der Waals surface area contributed by atoms with Crippen LogP contribution >= 0.6 is 0 Å². The summed E-state index contributed by atoms with van der Waals surface area (Å²) in [5.74, 6) is 2.42. The van der Waals surface area contributed by atoms with Crippen LogP contribution < -0.4 is 4.90 Å². The van der Waals surface area contributed by atoms with Crippen molar-refractivity contribution in [2.45, 2.75) is 44.6 Å². The Bertz CT molecular complexity index is 469. The van der Waals surface area contributed by atoms with E-state index in [9.17, 15) is 5.11 Å². The average Bonchev–Trinajstić information content (AvgIpc) is 2.93. The normalized spacial score (nSPS) is 24.6. The van der Waals surface area contributed by atoms with Crippen LogP contribution in [0.4, 0.5) is 5.82 Å². The Morgan fingerprint density at radius 1 is 1.20 bits per heavy atom. The van der Waals surface area contributed by atoms with Crippen LogP contribution in [0, 0.1) is 5.92 Å². The molecule has 0 radical (unpaired) electrons. The Morgan fingerprint density at radius 3 is 2.80 bits per heavy atom. The van der Waals surface area contributed by atoms with Crippen LogP contribution in [-0.2, 0) is 0 Å². The molecule has 4 heteroatoms. The summed E-state index contributed by atoms with van der Waals surface area (Å²) in [6.45, 7) is 1.56. The van der Waals surface area contributed by atoms with E-state index in [0.717, 1.165) is 24.6 Å². The average molecular weight is 273 g/mol. The Labute approximate surface area is 120 Å². The summed E-state index contributed by atoms with van der Waals surface area (Å²) in [4.78, 5) is 11.0. The maximum atomic E-state index is 9.60. The molecule has 1 aliphatic heterocycles. The monoisotopic (exact) mass is 273 g/mol. The van der Waals surface area contributed by atoms with E-state index in [-0.39, 0.29) is 6.10 Å². The number of rotatable bonds is 3. The van der Waals surface area contributed by atoms with Crippen LogP contribution in [0.25, 0.3) is 6.08 Å². The molecule has 0 aromatic carbocycles. The van der Waals surface area contributed by atoms with E-state index in [1.807, 2.05) is 12.3 Å². The molecule has 1 aliphatic carbocycles. The van der Waals surface area contributed by atoms with Gasteiger partial charge in [-0.05, 0) is 37.3 Å². The molecule has 1 saturated carbocycles. The van der Waals surface area contributed by atoms with Crippen LogP contribution in [0.1, 0.15) is 44.3 Å². The summed E-state index contributed by atoms with van der Waals surface area (Å²) in [6.07, 6.45) is 13.4. The summed E-state index contributed by atoms with van der Waals surface area (Å²) >= 11 is 0. The lowest BCUT2D eigenvalue weighted by Gasteiger charge is -2.18. The SMILES string of the molecule is OC1CCN(c2ccnc(/C=C/C3CCCCC3)n2)C1. The largest absolute Gasteiger partial charge is 0.391 e. The number of anilines is 1. The van der Waals surface area contributed by atoms with Crippen molar-refractivity contribution in [1.82, 2.24) is 9.97 Å². The van der Waals surface area contributed by atoms with Gasteiger partial charge in [-0.2, -0.15) is 0 Å². The minimum absolute atomic E-state index is 0.216. The molecule has 2 fully saturated rings. The van der Waals surface area contributed by atoms with E-state index in [4.69, 9.17) is 0 Å². The third-order valence-corrected chi connectivity index (χ3v) is 4.31. The van der Waals surface area contributed by atoms with Crippen molar-refractivity contribution in [1.29, 1.82) is 0 Å². The highest BCUT2D eigenvalue weighted by molar-refractivity contribution is 5.46. The zero-order valence-electron chi connectivity index (χ0n) is 11.9. The van der Waals surface area contributed by atoms with Gasteiger partial charge in [0.25, 0.3) is 0 Å². The lowest BCUT2D eigenvalue weighted by Crippen LogP contribution is -2.22. The summed E-state index contributed by atoms with van der Waals surface area (Å²) in [5.41, 5.74) is 0. The van der Waals surface area contributed by atoms with Gasteiger partial charge in [0.1, 0.15) is 5.82 Å². The minimum atomic E-state index is -0.216. The Balaban J connectivity index is 1.66. The van der Waals surface area contributed by atoms with E-state index < -0.39 is 0 Å². The molecule has 20 heavy (non-hydrogen) atoms. The highest BCUT2D eigenvalue weighted by atomic mass is 16.3. The zero-order valence-corrected chi connectivity index (χ0v) is 11.9.